The zero-order valence-electron chi connectivity index (χ0n) is 14.5. The Hall–Kier alpha value is -3.46. The number of hydrogen-bond donors (Lipinski definition) is 2. The molecule has 3 aromatic heterocycles. The van der Waals surface area contributed by atoms with Crippen LogP contribution in [0.1, 0.15) is 0 Å². The molecule has 4 heterocycles. The van der Waals surface area contributed by atoms with Crippen LogP contribution in [-0.2, 0) is 4.74 Å². The summed E-state index contributed by atoms with van der Waals surface area (Å²) >= 11 is 0. The van der Waals surface area contributed by atoms with Crippen molar-refractivity contribution in [2.75, 3.05) is 36.5 Å². The zero-order chi connectivity index (χ0) is 18.1. The fourth-order valence-corrected chi connectivity index (χ4v) is 3.20. The van der Waals surface area contributed by atoms with E-state index >= 15 is 0 Å². The number of hydrogen-bond acceptors (Lipinski definition) is 7. The van der Waals surface area contributed by atoms with Crippen LogP contribution in [0.5, 0.6) is 0 Å². The summed E-state index contributed by atoms with van der Waals surface area (Å²) in [5.41, 5.74) is 4.42. The van der Waals surface area contributed by atoms with Gasteiger partial charge in [0.1, 0.15) is 12.0 Å². The van der Waals surface area contributed by atoms with Gasteiger partial charge in [-0.05, 0) is 30.3 Å². The number of benzene rings is 1. The molecular weight excluding hydrogens is 344 g/mol. The van der Waals surface area contributed by atoms with Gasteiger partial charge < -0.3 is 15.0 Å². The first-order valence-electron chi connectivity index (χ1n) is 8.77. The lowest BCUT2D eigenvalue weighted by atomic mass is 10.2. The molecule has 0 unspecified atom stereocenters. The maximum Gasteiger partial charge on any atom is 0.199 e. The average molecular weight is 362 g/mol. The first-order chi connectivity index (χ1) is 13.4. The van der Waals surface area contributed by atoms with Crippen LogP contribution in [0.25, 0.3) is 17.0 Å². The molecule has 1 aliphatic heterocycles. The third-order valence-corrected chi connectivity index (χ3v) is 4.59. The quantitative estimate of drug-likeness (QED) is 0.574. The Labute approximate surface area is 155 Å². The van der Waals surface area contributed by atoms with E-state index in [-0.39, 0.29) is 0 Å². The molecule has 0 amide bonds. The van der Waals surface area contributed by atoms with Crippen LogP contribution in [0.3, 0.4) is 0 Å². The van der Waals surface area contributed by atoms with Crippen molar-refractivity contribution >= 4 is 22.8 Å². The van der Waals surface area contributed by atoms with Crippen molar-refractivity contribution in [3.05, 3.63) is 49.1 Å². The van der Waals surface area contributed by atoms with Crippen molar-refractivity contribution in [1.29, 1.82) is 0 Å². The molecule has 1 fully saturated rings. The number of morpholine rings is 1. The molecular formula is C18H18N8O. The first-order valence-corrected chi connectivity index (χ1v) is 8.77. The highest BCUT2D eigenvalue weighted by atomic mass is 16.5. The highest BCUT2D eigenvalue weighted by Gasteiger charge is 2.13. The highest BCUT2D eigenvalue weighted by molar-refractivity contribution is 5.73. The number of ether oxygens (including phenoxy) is 1. The van der Waals surface area contributed by atoms with Crippen LogP contribution >= 0.6 is 0 Å². The molecule has 5 rings (SSSR count). The number of aromatic amines is 1. The summed E-state index contributed by atoms with van der Waals surface area (Å²) in [6.45, 7) is 3.39. The topological polar surface area (TPSA) is 96.3 Å². The summed E-state index contributed by atoms with van der Waals surface area (Å²) in [5, 5.41) is 14.6. The Morgan fingerprint density at radius 1 is 1.04 bits per heavy atom. The monoisotopic (exact) mass is 362 g/mol. The van der Waals surface area contributed by atoms with E-state index in [1.54, 1.807) is 16.9 Å². The third kappa shape index (κ3) is 2.97. The second-order valence-electron chi connectivity index (χ2n) is 6.23. The van der Waals surface area contributed by atoms with Crippen LogP contribution < -0.4 is 10.2 Å². The van der Waals surface area contributed by atoms with E-state index in [9.17, 15) is 0 Å². The molecule has 4 aromatic rings. The summed E-state index contributed by atoms with van der Waals surface area (Å²) in [6.07, 6.45) is 4.96. The minimum absolute atomic E-state index is 0.648. The van der Waals surface area contributed by atoms with Crippen molar-refractivity contribution in [2.45, 2.75) is 0 Å². The maximum atomic E-state index is 5.41. The number of nitrogens with one attached hydrogen (secondary N) is 2. The Bertz CT molecular complexity index is 1040. The first kappa shape index (κ1) is 15.8. The van der Waals surface area contributed by atoms with Crippen molar-refractivity contribution < 1.29 is 4.74 Å². The summed E-state index contributed by atoms with van der Waals surface area (Å²) in [4.78, 5) is 11.2. The molecule has 1 aromatic carbocycles. The lowest BCUT2D eigenvalue weighted by Crippen LogP contribution is -2.36. The molecule has 0 radical (unpaired) electrons. The molecule has 0 bridgehead atoms. The van der Waals surface area contributed by atoms with Gasteiger partial charge in [-0.1, -0.05) is 0 Å². The summed E-state index contributed by atoms with van der Waals surface area (Å²) in [7, 11) is 0. The largest absolute Gasteiger partial charge is 0.378 e. The number of nitrogens with zero attached hydrogens (tertiary/aromatic N) is 6. The van der Waals surface area contributed by atoms with Gasteiger partial charge in [0.2, 0.25) is 0 Å². The second kappa shape index (κ2) is 6.69. The summed E-state index contributed by atoms with van der Waals surface area (Å²) in [6, 6.07) is 10.2. The predicted molar refractivity (Wildman–Crippen MR) is 101 cm³/mol. The molecule has 0 spiro atoms. The molecule has 0 aliphatic carbocycles. The number of fused-ring (bicyclic) bond motifs is 1. The molecule has 9 heteroatoms. The van der Waals surface area contributed by atoms with Crippen molar-refractivity contribution in [3.8, 4) is 11.4 Å². The molecule has 27 heavy (non-hydrogen) atoms. The van der Waals surface area contributed by atoms with Gasteiger partial charge in [0.15, 0.2) is 11.5 Å². The Kier molecular flexibility index (Phi) is 3.91. The minimum atomic E-state index is 0.648. The maximum absolute atomic E-state index is 5.41. The van der Waals surface area contributed by atoms with Gasteiger partial charge >= 0.3 is 0 Å². The smallest absolute Gasteiger partial charge is 0.199 e. The van der Waals surface area contributed by atoms with Crippen LogP contribution in [0, 0.1) is 0 Å². The van der Waals surface area contributed by atoms with E-state index in [0.717, 1.165) is 43.4 Å². The van der Waals surface area contributed by atoms with Crippen LogP contribution in [0.15, 0.2) is 49.1 Å². The fourth-order valence-electron chi connectivity index (χ4n) is 3.20. The van der Waals surface area contributed by atoms with Gasteiger partial charge in [-0.15, -0.1) is 0 Å². The SMILES string of the molecule is c1cc(-c2cnc(Nc3ccc(N4CCOCC4)cc3)c3ncnn23)[nH]n1. The van der Waals surface area contributed by atoms with Gasteiger partial charge in [-0.3, -0.25) is 5.10 Å². The number of anilines is 3. The third-order valence-electron chi connectivity index (χ3n) is 4.59. The lowest BCUT2D eigenvalue weighted by molar-refractivity contribution is 0.122. The van der Waals surface area contributed by atoms with Gasteiger partial charge in [0.25, 0.3) is 0 Å². The van der Waals surface area contributed by atoms with Crippen LogP contribution in [0.4, 0.5) is 17.2 Å². The normalized spacial score (nSPS) is 14.6. The standard InChI is InChI=1S/C18H18N8O/c1-3-14(25-7-9-27-10-8-25)4-2-13(1)23-17-18-20-12-22-26(18)16(11-19-17)15-5-6-21-24-15/h1-6,11-12H,7-10H2,(H,19,23)(H,21,24). The van der Waals surface area contributed by atoms with E-state index in [1.807, 2.05) is 18.2 Å². The Balaban J connectivity index is 1.42. The Morgan fingerprint density at radius 3 is 2.67 bits per heavy atom. The van der Waals surface area contributed by atoms with E-state index in [1.165, 1.54) is 12.0 Å². The van der Waals surface area contributed by atoms with Crippen molar-refractivity contribution in [3.63, 3.8) is 0 Å². The van der Waals surface area contributed by atoms with Gasteiger partial charge in [-0.25, -0.2) is 14.5 Å². The Morgan fingerprint density at radius 2 is 1.89 bits per heavy atom. The van der Waals surface area contributed by atoms with E-state index in [2.05, 4.69) is 47.6 Å². The molecule has 136 valence electrons. The summed E-state index contributed by atoms with van der Waals surface area (Å²) in [5.74, 6) is 0.648. The lowest BCUT2D eigenvalue weighted by Gasteiger charge is -2.28. The van der Waals surface area contributed by atoms with E-state index in [0.29, 0.717) is 11.5 Å². The molecule has 0 saturated carbocycles. The van der Waals surface area contributed by atoms with E-state index in [4.69, 9.17) is 4.74 Å². The number of aromatic nitrogens is 6. The number of rotatable bonds is 4. The van der Waals surface area contributed by atoms with Crippen LogP contribution in [0.2, 0.25) is 0 Å². The fraction of sp³-hybridized carbons (Fsp3) is 0.222. The van der Waals surface area contributed by atoms with Gasteiger partial charge in [0, 0.05) is 30.7 Å². The summed E-state index contributed by atoms with van der Waals surface area (Å²) < 4.78 is 7.15. The second-order valence-corrected chi connectivity index (χ2v) is 6.23. The van der Waals surface area contributed by atoms with Gasteiger partial charge in [-0.2, -0.15) is 10.2 Å². The molecule has 1 saturated heterocycles. The zero-order valence-corrected chi connectivity index (χ0v) is 14.5. The van der Waals surface area contributed by atoms with E-state index < -0.39 is 0 Å². The van der Waals surface area contributed by atoms with Crippen LogP contribution in [-0.4, -0.2) is 56.1 Å². The minimum Gasteiger partial charge on any atom is -0.378 e. The highest BCUT2D eigenvalue weighted by Crippen LogP contribution is 2.25. The van der Waals surface area contributed by atoms with Crippen molar-refractivity contribution in [2.24, 2.45) is 0 Å². The molecule has 0 atom stereocenters. The van der Waals surface area contributed by atoms with Crippen molar-refractivity contribution in [1.82, 2.24) is 29.8 Å². The predicted octanol–water partition coefficient (Wildman–Crippen LogP) is 2.09. The average Bonchev–Trinajstić information content (AvgIpc) is 3.42. The van der Waals surface area contributed by atoms with Gasteiger partial charge in [0.05, 0.1) is 25.1 Å². The number of H-pyrrole nitrogens is 1. The molecule has 1 aliphatic rings. The molecule has 9 nitrogen and oxygen atoms in total. The molecule has 2 N–H and O–H groups in total.